The number of aliphatic hydroxyl groups excluding tert-OH is 1. The van der Waals surface area contributed by atoms with Crippen molar-refractivity contribution in [2.45, 2.75) is 25.7 Å². The summed E-state index contributed by atoms with van der Waals surface area (Å²) in [5, 5.41) is 18.4. The van der Waals surface area contributed by atoms with Crippen molar-refractivity contribution < 1.29 is 36.1 Å². The number of allylic oxidation sites excluding steroid dienone is 2. The number of methoxy groups -OCH3 is 3. The van der Waals surface area contributed by atoms with Crippen LogP contribution in [0.15, 0.2) is 88.7 Å². The maximum absolute atomic E-state index is 10.3. The Morgan fingerprint density at radius 3 is 2.39 bits per heavy atom. The van der Waals surface area contributed by atoms with Crippen molar-refractivity contribution in [2.24, 2.45) is 10.2 Å². The molecule has 3 aromatic rings. The van der Waals surface area contributed by atoms with Crippen LogP contribution in [0.2, 0.25) is 0 Å². The summed E-state index contributed by atoms with van der Waals surface area (Å²) >= 11 is 0. The van der Waals surface area contributed by atoms with Crippen molar-refractivity contribution in [1.29, 1.82) is 0 Å². The Hall–Kier alpha value is -3.75. The molecule has 1 unspecified atom stereocenters. The van der Waals surface area contributed by atoms with E-state index in [1.165, 1.54) is 0 Å². The summed E-state index contributed by atoms with van der Waals surface area (Å²) in [6.45, 7) is 5.10. The van der Waals surface area contributed by atoms with E-state index in [0.717, 1.165) is 40.6 Å². The van der Waals surface area contributed by atoms with E-state index in [-0.39, 0.29) is 22.7 Å². The minimum absolute atomic E-state index is 0. The van der Waals surface area contributed by atoms with Crippen molar-refractivity contribution in [3.63, 3.8) is 0 Å². The number of fused-ring (bicyclic) bond motifs is 1. The van der Waals surface area contributed by atoms with Gasteiger partial charge in [0.05, 0.1) is 27.5 Å². The minimum atomic E-state index is -0.434. The van der Waals surface area contributed by atoms with Gasteiger partial charge in [-0.15, -0.1) is 5.10 Å². The second kappa shape index (κ2) is 12.7. The largest absolute Gasteiger partial charge is 0.497 e. The summed E-state index contributed by atoms with van der Waals surface area (Å²) in [6.07, 6.45) is 4.24. The van der Waals surface area contributed by atoms with Crippen molar-refractivity contribution in [1.82, 2.24) is 0 Å². The van der Waals surface area contributed by atoms with E-state index in [4.69, 9.17) is 14.2 Å². The van der Waals surface area contributed by atoms with Gasteiger partial charge in [-0.05, 0) is 73.9 Å². The van der Waals surface area contributed by atoms with Crippen molar-refractivity contribution in [2.75, 3.05) is 32.8 Å². The monoisotopic (exact) mass is 558 g/mol. The summed E-state index contributed by atoms with van der Waals surface area (Å²) in [7, 11) is 4.98. The molecule has 1 N–H and O–H groups in total. The van der Waals surface area contributed by atoms with Crippen LogP contribution >= 0.6 is 0 Å². The molecule has 1 heterocycles. The number of anilines is 1. The summed E-state index contributed by atoms with van der Waals surface area (Å²) < 4.78 is 16.9. The molecule has 0 fully saturated rings. The summed E-state index contributed by atoms with van der Waals surface area (Å²) in [4.78, 5) is 2.27. The third kappa shape index (κ3) is 5.56. The molecule has 1 atom stereocenters. The number of likely N-dealkylation sites (N-methyl/N-ethyl adjacent to an activating group) is 1. The molecule has 0 bridgehead atoms. The van der Waals surface area contributed by atoms with Crippen LogP contribution in [0.25, 0.3) is 0 Å². The van der Waals surface area contributed by atoms with Gasteiger partial charge in [-0.3, -0.25) is 0 Å². The van der Waals surface area contributed by atoms with Gasteiger partial charge >= 0.3 is 0 Å². The zero-order valence-corrected chi connectivity index (χ0v) is 23.3. The van der Waals surface area contributed by atoms with Gasteiger partial charge < -0.3 is 24.2 Å². The van der Waals surface area contributed by atoms with Crippen LogP contribution in [0.1, 0.15) is 30.5 Å². The molecule has 8 heteroatoms. The van der Waals surface area contributed by atoms with E-state index in [0.29, 0.717) is 17.7 Å². The molecule has 7 nitrogen and oxygen atoms in total. The van der Waals surface area contributed by atoms with Gasteiger partial charge in [-0.25, -0.2) is 0 Å². The number of ether oxygens (including phenoxy) is 3. The first-order valence-electron chi connectivity index (χ1n) is 12.2. The van der Waals surface area contributed by atoms with Gasteiger partial charge in [0.25, 0.3) is 0 Å². The zero-order chi connectivity index (χ0) is 26.4. The molecule has 201 valence electrons. The molecular formula is C30H33CoN3O4. The maximum Gasteiger partial charge on any atom is 0.238 e. The second-order valence-corrected chi connectivity index (χ2v) is 8.89. The number of benzene rings is 3. The number of aliphatic hydroxyl groups is 1. The molecule has 38 heavy (non-hydrogen) atoms. The summed E-state index contributed by atoms with van der Waals surface area (Å²) in [5.74, 6) is 2.07. The molecule has 0 aliphatic carbocycles. The van der Waals surface area contributed by atoms with Crippen LogP contribution in [0.4, 0.5) is 5.69 Å². The van der Waals surface area contributed by atoms with E-state index >= 15 is 0 Å². The average Bonchev–Trinajstić information content (AvgIpc) is 3.17. The maximum atomic E-state index is 10.3. The molecule has 0 saturated heterocycles. The third-order valence-corrected chi connectivity index (χ3v) is 6.77. The Morgan fingerprint density at radius 1 is 0.974 bits per heavy atom. The van der Waals surface area contributed by atoms with Crippen molar-refractivity contribution in [3.05, 3.63) is 95.2 Å². The first kappa shape index (κ1) is 28.8. The standard InChI is InChI=1S/C30H33N3O4.Co/c1-6-33-25-16-15-23(35-3)19-24(25)30(2,20-22-13-10-14-26(36-4)28(22)37-5)27(33)17-18-31-32-29(34)21-11-8-7-9-12-21;/h7-19H,6,20H2,1-5H3,(H,32,34);/b27-17-,31-18+;. The van der Waals surface area contributed by atoms with Crippen LogP contribution in [0.3, 0.4) is 0 Å². The Kier molecular flexibility index (Phi) is 9.60. The second-order valence-electron chi connectivity index (χ2n) is 8.89. The normalized spacial score (nSPS) is 17.9. The average molecular weight is 559 g/mol. The van der Waals surface area contributed by atoms with Crippen LogP contribution in [-0.2, 0) is 28.6 Å². The van der Waals surface area contributed by atoms with Gasteiger partial charge in [0.2, 0.25) is 5.90 Å². The van der Waals surface area contributed by atoms with Gasteiger partial charge in [0.15, 0.2) is 11.5 Å². The number of para-hydroxylation sites is 1. The van der Waals surface area contributed by atoms with E-state index < -0.39 is 5.41 Å². The minimum Gasteiger partial charge on any atom is -0.497 e. The van der Waals surface area contributed by atoms with Crippen LogP contribution in [0, 0.1) is 0 Å². The van der Waals surface area contributed by atoms with E-state index in [1.807, 2.05) is 42.5 Å². The van der Waals surface area contributed by atoms with Gasteiger partial charge in [0.1, 0.15) is 5.75 Å². The first-order chi connectivity index (χ1) is 18.0. The predicted molar refractivity (Wildman–Crippen MR) is 149 cm³/mol. The predicted octanol–water partition coefficient (Wildman–Crippen LogP) is 5.92. The molecule has 0 spiro atoms. The van der Waals surface area contributed by atoms with Crippen LogP contribution in [-0.4, -0.2) is 45.1 Å². The van der Waals surface area contributed by atoms with E-state index in [9.17, 15) is 5.11 Å². The van der Waals surface area contributed by atoms with E-state index in [2.05, 4.69) is 47.1 Å². The molecule has 1 aliphatic rings. The fourth-order valence-electron chi connectivity index (χ4n) is 5.00. The Morgan fingerprint density at radius 2 is 1.74 bits per heavy atom. The fraction of sp³-hybridized carbons (Fsp3) is 0.267. The molecule has 4 rings (SSSR count). The molecule has 1 aliphatic heterocycles. The summed E-state index contributed by atoms with van der Waals surface area (Å²) in [6, 6.07) is 21.2. The van der Waals surface area contributed by atoms with Crippen LogP contribution < -0.4 is 19.1 Å². The smallest absolute Gasteiger partial charge is 0.238 e. The van der Waals surface area contributed by atoms with Gasteiger partial charge in [-0.1, -0.05) is 30.3 Å². The number of hydrogen-bond acceptors (Lipinski definition) is 6. The molecule has 0 amide bonds. The molecular weight excluding hydrogens is 525 g/mol. The number of nitrogens with zero attached hydrogens (tertiary/aromatic N) is 3. The Labute approximate surface area is 234 Å². The molecule has 0 saturated carbocycles. The van der Waals surface area contributed by atoms with E-state index in [1.54, 1.807) is 39.7 Å². The van der Waals surface area contributed by atoms with Gasteiger partial charge in [0, 0.05) is 45.7 Å². The van der Waals surface area contributed by atoms with Crippen molar-refractivity contribution in [3.8, 4) is 17.2 Å². The molecule has 1 radical (unpaired) electrons. The first-order valence-corrected chi connectivity index (χ1v) is 12.2. The van der Waals surface area contributed by atoms with Gasteiger partial charge in [-0.2, -0.15) is 5.10 Å². The fourth-order valence-corrected chi connectivity index (χ4v) is 5.00. The zero-order valence-electron chi connectivity index (χ0n) is 22.3. The number of rotatable bonds is 9. The van der Waals surface area contributed by atoms with Crippen molar-refractivity contribution >= 4 is 17.8 Å². The topological polar surface area (TPSA) is 75.9 Å². The number of hydrogen-bond donors (Lipinski definition) is 1. The quantitative estimate of drug-likeness (QED) is 0.200. The SMILES string of the molecule is CCN1\C(=C/C=N/N=C(\O)c2ccccc2)C(C)(Cc2cccc(OC)c2OC)c2cc(OC)ccc21.[Co]. The Bertz CT molecular complexity index is 1340. The third-order valence-electron chi connectivity index (χ3n) is 6.77. The Balaban J connectivity index is 0.00000400. The molecule has 3 aromatic carbocycles. The molecule has 0 aromatic heterocycles. The summed E-state index contributed by atoms with van der Waals surface area (Å²) in [5.41, 5.74) is 4.52. The van der Waals surface area contributed by atoms with Crippen LogP contribution in [0.5, 0.6) is 17.2 Å².